The average Bonchev–Trinajstić information content (AvgIpc) is 3.09. The third kappa shape index (κ3) is 2.69. The van der Waals surface area contributed by atoms with Crippen LogP contribution >= 0.6 is 0 Å². The molecule has 2 unspecified atom stereocenters. The van der Waals surface area contributed by atoms with Gasteiger partial charge in [-0.25, -0.2) is 0 Å². The summed E-state index contributed by atoms with van der Waals surface area (Å²) in [4.78, 5) is 6.54. The minimum Gasteiger partial charge on any atom is -0.459 e. The van der Waals surface area contributed by atoms with E-state index in [9.17, 15) is 5.11 Å². The Morgan fingerprint density at radius 3 is 3.16 bits per heavy atom. The highest BCUT2D eigenvalue weighted by atomic mass is 16.5. The molecule has 0 aromatic carbocycles. The highest BCUT2D eigenvalue weighted by Gasteiger charge is 2.27. The van der Waals surface area contributed by atoms with Crippen LogP contribution in [0.3, 0.4) is 0 Å². The zero-order valence-electron chi connectivity index (χ0n) is 10.8. The number of aromatic nitrogens is 2. The Morgan fingerprint density at radius 1 is 1.58 bits per heavy atom. The van der Waals surface area contributed by atoms with Crippen LogP contribution in [0.25, 0.3) is 11.7 Å². The second-order valence-corrected chi connectivity index (χ2v) is 5.02. The Kier molecular flexibility index (Phi) is 3.35. The van der Waals surface area contributed by atoms with Gasteiger partial charge >= 0.3 is 0 Å². The third-order valence-electron chi connectivity index (χ3n) is 3.56. The summed E-state index contributed by atoms with van der Waals surface area (Å²) in [7, 11) is 0. The largest absolute Gasteiger partial charge is 0.459 e. The number of hydrogen-bond donors (Lipinski definition) is 1. The van der Waals surface area contributed by atoms with E-state index in [2.05, 4.69) is 15.0 Å². The van der Waals surface area contributed by atoms with E-state index in [0.717, 1.165) is 19.5 Å². The Labute approximate surface area is 111 Å². The summed E-state index contributed by atoms with van der Waals surface area (Å²) >= 11 is 0. The topological polar surface area (TPSA) is 75.5 Å². The standard InChI is InChI=1S/C13H17N3O3/c1-9(17)10-4-5-16(7-10)8-12-14-13(19-15-12)11-3-2-6-18-11/h2-3,6,9-10,17H,4-5,7-8H2,1H3. The van der Waals surface area contributed by atoms with Crippen LogP contribution in [0.2, 0.25) is 0 Å². The van der Waals surface area contributed by atoms with Crippen LogP contribution in [0.1, 0.15) is 19.2 Å². The average molecular weight is 263 g/mol. The van der Waals surface area contributed by atoms with Gasteiger partial charge in [-0.2, -0.15) is 4.98 Å². The first-order valence-corrected chi connectivity index (χ1v) is 6.49. The number of aliphatic hydroxyl groups is 1. The first kappa shape index (κ1) is 12.4. The lowest BCUT2D eigenvalue weighted by Gasteiger charge is -2.15. The minimum atomic E-state index is -0.256. The summed E-state index contributed by atoms with van der Waals surface area (Å²) in [6.07, 6.45) is 2.34. The van der Waals surface area contributed by atoms with Gasteiger partial charge in [-0.3, -0.25) is 4.90 Å². The second-order valence-electron chi connectivity index (χ2n) is 5.02. The molecule has 0 aliphatic carbocycles. The van der Waals surface area contributed by atoms with Crippen molar-refractivity contribution in [3.63, 3.8) is 0 Å². The van der Waals surface area contributed by atoms with Gasteiger partial charge in [0.05, 0.1) is 18.9 Å². The molecule has 2 atom stereocenters. The maximum atomic E-state index is 9.58. The summed E-state index contributed by atoms with van der Waals surface area (Å²) < 4.78 is 10.4. The monoisotopic (exact) mass is 263 g/mol. The Hall–Kier alpha value is -1.66. The van der Waals surface area contributed by atoms with Gasteiger partial charge < -0.3 is 14.0 Å². The van der Waals surface area contributed by atoms with Gasteiger partial charge in [0.2, 0.25) is 0 Å². The van der Waals surface area contributed by atoms with Crippen molar-refractivity contribution in [3.8, 4) is 11.7 Å². The molecule has 3 heterocycles. The minimum absolute atomic E-state index is 0.256. The SMILES string of the molecule is CC(O)C1CCN(Cc2noc(-c3ccco3)n2)C1. The van der Waals surface area contributed by atoms with Gasteiger partial charge in [-0.05, 0) is 37.9 Å². The number of aliphatic hydroxyl groups excluding tert-OH is 1. The van der Waals surface area contributed by atoms with Crippen molar-refractivity contribution < 1.29 is 14.0 Å². The van der Waals surface area contributed by atoms with E-state index in [1.165, 1.54) is 0 Å². The van der Waals surface area contributed by atoms with Crippen molar-refractivity contribution in [1.29, 1.82) is 0 Å². The van der Waals surface area contributed by atoms with Crippen LogP contribution in [-0.4, -0.2) is 39.3 Å². The fraction of sp³-hybridized carbons (Fsp3) is 0.538. The molecular weight excluding hydrogens is 246 g/mol. The van der Waals surface area contributed by atoms with Gasteiger partial charge in [0.25, 0.3) is 5.89 Å². The number of likely N-dealkylation sites (tertiary alicyclic amines) is 1. The Bertz CT molecular complexity index is 521. The van der Waals surface area contributed by atoms with Gasteiger partial charge in [0.1, 0.15) is 0 Å². The van der Waals surface area contributed by atoms with Crippen molar-refractivity contribution in [3.05, 3.63) is 24.2 Å². The van der Waals surface area contributed by atoms with Crippen LogP contribution in [0.15, 0.2) is 27.3 Å². The molecule has 6 nitrogen and oxygen atoms in total. The van der Waals surface area contributed by atoms with Gasteiger partial charge in [0.15, 0.2) is 11.6 Å². The fourth-order valence-corrected chi connectivity index (χ4v) is 2.42. The predicted octanol–water partition coefficient (Wildman–Crippen LogP) is 1.53. The molecule has 3 rings (SSSR count). The maximum absolute atomic E-state index is 9.58. The molecule has 1 aliphatic heterocycles. The fourth-order valence-electron chi connectivity index (χ4n) is 2.42. The molecule has 2 aromatic heterocycles. The van der Waals surface area contributed by atoms with Crippen molar-refractivity contribution in [2.75, 3.05) is 13.1 Å². The molecule has 0 amide bonds. The van der Waals surface area contributed by atoms with Crippen molar-refractivity contribution >= 4 is 0 Å². The van der Waals surface area contributed by atoms with E-state index in [4.69, 9.17) is 8.94 Å². The van der Waals surface area contributed by atoms with Crippen molar-refractivity contribution in [2.24, 2.45) is 5.92 Å². The lowest BCUT2D eigenvalue weighted by Crippen LogP contribution is -2.24. The molecule has 1 N–H and O–H groups in total. The Balaban J connectivity index is 1.62. The van der Waals surface area contributed by atoms with Gasteiger partial charge in [0, 0.05) is 6.54 Å². The van der Waals surface area contributed by atoms with E-state index >= 15 is 0 Å². The lowest BCUT2D eigenvalue weighted by molar-refractivity contribution is 0.127. The first-order chi connectivity index (χ1) is 9.22. The summed E-state index contributed by atoms with van der Waals surface area (Å²) in [5.74, 6) is 1.99. The summed E-state index contributed by atoms with van der Waals surface area (Å²) in [5, 5.41) is 13.5. The van der Waals surface area contributed by atoms with E-state index < -0.39 is 0 Å². The molecule has 2 aromatic rings. The molecule has 19 heavy (non-hydrogen) atoms. The third-order valence-corrected chi connectivity index (χ3v) is 3.56. The summed E-state index contributed by atoms with van der Waals surface area (Å²) in [6.45, 7) is 4.33. The van der Waals surface area contributed by atoms with Crippen LogP contribution < -0.4 is 0 Å². The lowest BCUT2D eigenvalue weighted by atomic mass is 10.0. The van der Waals surface area contributed by atoms with E-state index in [-0.39, 0.29) is 6.10 Å². The molecule has 0 radical (unpaired) electrons. The van der Waals surface area contributed by atoms with E-state index in [1.54, 1.807) is 18.4 Å². The smallest absolute Gasteiger partial charge is 0.293 e. The Morgan fingerprint density at radius 2 is 2.47 bits per heavy atom. The predicted molar refractivity (Wildman–Crippen MR) is 67.1 cm³/mol. The zero-order chi connectivity index (χ0) is 13.2. The molecule has 1 aliphatic rings. The van der Waals surface area contributed by atoms with Crippen molar-refractivity contribution in [1.82, 2.24) is 15.0 Å². The number of nitrogens with zero attached hydrogens (tertiary/aromatic N) is 3. The number of rotatable bonds is 4. The molecule has 0 bridgehead atoms. The molecule has 1 fully saturated rings. The van der Waals surface area contributed by atoms with Crippen LogP contribution in [0, 0.1) is 5.92 Å². The maximum Gasteiger partial charge on any atom is 0.293 e. The number of furan rings is 1. The van der Waals surface area contributed by atoms with Crippen LogP contribution in [0.4, 0.5) is 0 Å². The quantitative estimate of drug-likeness (QED) is 0.901. The highest BCUT2D eigenvalue weighted by Crippen LogP contribution is 2.22. The van der Waals surface area contributed by atoms with Gasteiger partial charge in [-0.15, -0.1) is 0 Å². The van der Waals surface area contributed by atoms with E-state index in [1.807, 2.05) is 6.92 Å². The van der Waals surface area contributed by atoms with Crippen molar-refractivity contribution in [2.45, 2.75) is 26.0 Å². The highest BCUT2D eigenvalue weighted by molar-refractivity contribution is 5.42. The molecule has 102 valence electrons. The molecule has 0 saturated carbocycles. The van der Waals surface area contributed by atoms with Gasteiger partial charge in [-0.1, -0.05) is 5.16 Å². The summed E-state index contributed by atoms with van der Waals surface area (Å²) in [6, 6.07) is 3.57. The van der Waals surface area contributed by atoms with E-state index in [0.29, 0.717) is 29.9 Å². The number of hydrogen-bond acceptors (Lipinski definition) is 6. The second kappa shape index (κ2) is 5.14. The first-order valence-electron chi connectivity index (χ1n) is 6.49. The summed E-state index contributed by atoms with van der Waals surface area (Å²) in [5.41, 5.74) is 0. The zero-order valence-corrected chi connectivity index (χ0v) is 10.8. The molecule has 1 saturated heterocycles. The van der Waals surface area contributed by atoms with Crippen LogP contribution in [0.5, 0.6) is 0 Å². The molecule has 0 spiro atoms. The molecular formula is C13H17N3O3. The van der Waals surface area contributed by atoms with Crippen LogP contribution in [-0.2, 0) is 6.54 Å². The normalized spacial score (nSPS) is 21.9. The molecule has 6 heteroatoms.